The zero-order valence-corrected chi connectivity index (χ0v) is 13.1. The van der Waals surface area contributed by atoms with E-state index in [-0.39, 0.29) is 5.92 Å². The van der Waals surface area contributed by atoms with Crippen LogP contribution in [0.25, 0.3) is 0 Å². The van der Waals surface area contributed by atoms with Gasteiger partial charge in [-0.2, -0.15) is 13.2 Å². The zero-order valence-electron chi connectivity index (χ0n) is 12.3. The van der Waals surface area contributed by atoms with Gasteiger partial charge in [-0.05, 0) is 37.8 Å². The molecule has 6 heteroatoms. The average Bonchev–Trinajstić information content (AvgIpc) is 2.70. The van der Waals surface area contributed by atoms with Crippen molar-refractivity contribution in [3.05, 3.63) is 21.4 Å². The molecule has 0 radical (unpaired) electrons. The highest BCUT2D eigenvalue weighted by Crippen LogP contribution is 2.32. The molecular weight excluding hydrogens is 287 g/mol. The quantitative estimate of drug-likeness (QED) is 0.871. The van der Waals surface area contributed by atoms with Gasteiger partial charge >= 0.3 is 6.18 Å². The molecule has 0 aromatic carbocycles. The lowest BCUT2D eigenvalue weighted by molar-refractivity contribution is -0.182. The van der Waals surface area contributed by atoms with Crippen molar-refractivity contribution in [2.45, 2.75) is 58.7 Å². The maximum absolute atomic E-state index is 12.8. The van der Waals surface area contributed by atoms with Crippen molar-refractivity contribution in [3.63, 3.8) is 0 Å². The summed E-state index contributed by atoms with van der Waals surface area (Å²) in [5.74, 6) is -0.419. The van der Waals surface area contributed by atoms with E-state index in [2.05, 4.69) is 5.32 Å². The Bertz CT molecular complexity index is 489. The number of hydrogen-bond acceptors (Lipinski definition) is 2. The van der Waals surface area contributed by atoms with Gasteiger partial charge in [-0.3, -0.25) is 4.79 Å². The number of rotatable bonds is 4. The van der Waals surface area contributed by atoms with Crippen molar-refractivity contribution in [2.24, 2.45) is 0 Å². The van der Waals surface area contributed by atoms with Crippen molar-refractivity contribution >= 4 is 17.2 Å². The van der Waals surface area contributed by atoms with E-state index in [0.717, 1.165) is 30.7 Å². The van der Waals surface area contributed by atoms with Crippen LogP contribution >= 0.6 is 11.3 Å². The van der Waals surface area contributed by atoms with Gasteiger partial charge in [0.25, 0.3) is 5.91 Å². The van der Waals surface area contributed by atoms with Crippen LogP contribution < -0.4 is 5.32 Å². The fourth-order valence-electron chi connectivity index (χ4n) is 1.74. The van der Waals surface area contributed by atoms with Gasteiger partial charge in [-0.25, -0.2) is 0 Å². The summed E-state index contributed by atoms with van der Waals surface area (Å²) >= 11 is 1.27. The molecule has 0 unspecified atom stereocenters. The molecular formula is C14H20F3NOS. The Balaban J connectivity index is 3.00. The summed E-state index contributed by atoms with van der Waals surface area (Å²) in [5.41, 5.74) is -1.20. The van der Waals surface area contributed by atoms with Crippen LogP contribution in [0.2, 0.25) is 0 Å². The minimum absolute atomic E-state index is 0.248. The molecule has 1 aromatic rings. The lowest BCUT2D eigenvalue weighted by Gasteiger charge is -2.28. The van der Waals surface area contributed by atoms with E-state index in [4.69, 9.17) is 0 Å². The third-order valence-electron chi connectivity index (χ3n) is 3.14. The zero-order chi connectivity index (χ0) is 15.7. The maximum Gasteiger partial charge on any atom is 0.410 e. The van der Waals surface area contributed by atoms with Crippen LogP contribution in [0.4, 0.5) is 13.2 Å². The van der Waals surface area contributed by atoms with Crippen LogP contribution in [0.1, 0.15) is 60.6 Å². The molecule has 1 aromatic heterocycles. The van der Waals surface area contributed by atoms with Gasteiger partial charge in [-0.1, -0.05) is 20.8 Å². The predicted molar refractivity (Wildman–Crippen MR) is 75.4 cm³/mol. The second-order valence-electron chi connectivity index (χ2n) is 5.57. The highest BCUT2D eigenvalue weighted by Gasteiger charge is 2.48. The van der Waals surface area contributed by atoms with Crippen LogP contribution in [0, 0.1) is 0 Å². The van der Waals surface area contributed by atoms with Crippen LogP contribution in [0.3, 0.4) is 0 Å². The van der Waals surface area contributed by atoms with Crippen molar-refractivity contribution in [2.75, 3.05) is 0 Å². The minimum atomic E-state index is -4.48. The molecule has 0 fully saturated rings. The van der Waals surface area contributed by atoms with Crippen LogP contribution in [0.15, 0.2) is 6.07 Å². The van der Waals surface area contributed by atoms with E-state index in [1.165, 1.54) is 11.3 Å². The van der Waals surface area contributed by atoms with Gasteiger partial charge in [0.2, 0.25) is 0 Å². The number of alkyl halides is 3. The number of carbonyl (C=O) groups is 1. The normalized spacial score (nSPS) is 12.8. The largest absolute Gasteiger partial charge is 0.410 e. The Hall–Kier alpha value is -1.04. The topological polar surface area (TPSA) is 29.1 Å². The first-order chi connectivity index (χ1) is 8.99. The molecule has 0 aliphatic heterocycles. The van der Waals surface area contributed by atoms with E-state index < -0.39 is 17.6 Å². The number of halogens is 3. The number of aryl methyl sites for hydroxylation is 1. The van der Waals surface area contributed by atoms with Crippen molar-refractivity contribution in [1.82, 2.24) is 5.32 Å². The second-order valence-corrected chi connectivity index (χ2v) is 6.71. The Morgan fingerprint density at radius 2 is 1.90 bits per heavy atom. The molecule has 0 bridgehead atoms. The Morgan fingerprint density at radius 1 is 1.35 bits per heavy atom. The van der Waals surface area contributed by atoms with E-state index in [1.54, 1.807) is 6.07 Å². The molecule has 2 nitrogen and oxygen atoms in total. The van der Waals surface area contributed by atoms with E-state index in [0.29, 0.717) is 4.88 Å². The van der Waals surface area contributed by atoms with Crippen LogP contribution in [0.5, 0.6) is 0 Å². The summed E-state index contributed by atoms with van der Waals surface area (Å²) in [6.45, 7) is 7.90. The molecule has 0 atom stereocenters. The molecule has 114 valence electrons. The summed E-state index contributed by atoms with van der Waals surface area (Å²) in [7, 11) is 0. The monoisotopic (exact) mass is 307 g/mol. The first-order valence-electron chi connectivity index (χ1n) is 6.51. The lowest BCUT2D eigenvalue weighted by Crippen LogP contribution is -2.54. The molecule has 0 spiro atoms. The predicted octanol–water partition coefficient (Wildman–Crippen LogP) is 4.50. The van der Waals surface area contributed by atoms with E-state index >= 15 is 0 Å². The van der Waals surface area contributed by atoms with Crippen molar-refractivity contribution in [3.8, 4) is 0 Å². The lowest BCUT2D eigenvalue weighted by atomic mass is 10.0. The third kappa shape index (κ3) is 3.53. The van der Waals surface area contributed by atoms with Gasteiger partial charge in [0, 0.05) is 4.88 Å². The summed E-state index contributed by atoms with van der Waals surface area (Å²) in [5, 5.41) is 2.06. The van der Waals surface area contributed by atoms with Crippen molar-refractivity contribution in [1.29, 1.82) is 0 Å². The standard InChI is InChI=1S/C14H20F3NOS/c1-6-10-9(8(2)3)7-11(20-10)12(19)18-13(4,5)14(15,16)17/h7-8H,6H2,1-5H3,(H,18,19). The molecule has 1 N–H and O–H groups in total. The molecule has 0 saturated carbocycles. The van der Waals surface area contributed by atoms with E-state index in [9.17, 15) is 18.0 Å². The molecule has 0 saturated heterocycles. The summed E-state index contributed by atoms with van der Waals surface area (Å²) < 4.78 is 38.3. The summed E-state index contributed by atoms with van der Waals surface area (Å²) in [6.07, 6.45) is -3.71. The van der Waals surface area contributed by atoms with Gasteiger partial charge in [0.15, 0.2) is 0 Å². The molecule has 1 rings (SSSR count). The van der Waals surface area contributed by atoms with Crippen molar-refractivity contribution < 1.29 is 18.0 Å². The minimum Gasteiger partial charge on any atom is -0.338 e. The fraction of sp³-hybridized carbons (Fsp3) is 0.643. The van der Waals surface area contributed by atoms with Crippen LogP contribution in [-0.2, 0) is 6.42 Å². The Morgan fingerprint density at radius 3 is 2.25 bits per heavy atom. The maximum atomic E-state index is 12.8. The number of hydrogen-bond donors (Lipinski definition) is 1. The SMILES string of the molecule is CCc1sc(C(=O)NC(C)(C)C(F)(F)F)cc1C(C)C. The molecule has 0 aliphatic carbocycles. The number of amides is 1. The number of carbonyl (C=O) groups excluding carboxylic acids is 1. The van der Waals surface area contributed by atoms with Crippen LogP contribution in [-0.4, -0.2) is 17.6 Å². The molecule has 1 amide bonds. The third-order valence-corrected chi connectivity index (χ3v) is 4.44. The van der Waals surface area contributed by atoms with Gasteiger partial charge in [-0.15, -0.1) is 11.3 Å². The molecule has 20 heavy (non-hydrogen) atoms. The van der Waals surface area contributed by atoms with Gasteiger partial charge in [0.05, 0.1) is 4.88 Å². The molecule has 0 aliphatic rings. The number of thiophene rings is 1. The first kappa shape index (κ1) is 17.0. The number of nitrogens with one attached hydrogen (secondary N) is 1. The Kier molecular flexibility index (Phi) is 4.90. The second kappa shape index (κ2) is 5.76. The van der Waals surface area contributed by atoms with Gasteiger partial charge in [0.1, 0.15) is 5.54 Å². The highest BCUT2D eigenvalue weighted by atomic mass is 32.1. The summed E-state index contributed by atoms with van der Waals surface area (Å²) in [4.78, 5) is 13.4. The average molecular weight is 307 g/mol. The summed E-state index contributed by atoms with van der Waals surface area (Å²) in [6, 6.07) is 1.70. The fourth-order valence-corrected chi connectivity index (χ4v) is 2.89. The first-order valence-corrected chi connectivity index (χ1v) is 7.33. The smallest absolute Gasteiger partial charge is 0.338 e. The molecule has 1 heterocycles. The highest BCUT2D eigenvalue weighted by molar-refractivity contribution is 7.14. The Labute approximate surface area is 121 Å². The van der Waals surface area contributed by atoms with E-state index in [1.807, 2.05) is 20.8 Å². The van der Waals surface area contributed by atoms with Gasteiger partial charge < -0.3 is 5.32 Å².